The standard InChI is InChI=1S/C17H16O6/c1-21-14-8-4-7-13(15(14)18)17(20)23-10-11-5-3-6-12(9-11)16(19)22-2/h3-9,18H,10H2,1-2H3. The van der Waals surface area contributed by atoms with Gasteiger partial charge in [0, 0.05) is 0 Å². The molecule has 0 saturated carbocycles. The summed E-state index contributed by atoms with van der Waals surface area (Å²) >= 11 is 0. The molecule has 0 unspecified atom stereocenters. The summed E-state index contributed by atoms with van der Waals surface area (Å²) in [6.45, 7) is -0.0414. The molecule has 23 heavy (non-hydrogen) atoms. The molecule has 120 valence electrons. The van der Waals surface area contributed by atoms with Crippen molar-refractivity contribution in [1.29, 1.82) is 0 Å². The average molecular weight is 316 g/mol. The number of ether oxygens (including phenoxy) is 3. The Hall–Kier alpha value is -3.02. The minimum absolute atomic E-state index is 0.00784. The predicted octanol–water partition coefficient (Wildman–Crippen LogP) is 2.54. The summed E-state index contributed by atoms with van der Waals surface area (Å²) in [5, 5.41) is 9.92. The van der Waals surface area contributed by atoms with Gasteiger partial charge in [0.2, 0.25) is 0 Å². The maximum Gasteiger partial charge on any atom is 0.342 e. The van der Waals surface area contributed by atoms with Gasteiger partial charge in [-0.2, -0.15) is 0 Å². The Morgan fingerprint density at radius 3 is 2.48 bits per heavy atom. The van der Waals surface area contributed by atoms with Gasteiger partial charge in [-0.1, -0.05) is 18.2 Å². The molecule has 0 amide bonds. The lowest BCUT2D eigenvalue weighted by molar-refractivity contribution is 0.0468. The van der Waals surface area contributed by atoms with Gasteiger partial charge in [0.25, 0.3) is 0 Å². The number of para-hydroxylation sites is 1. The number of phenols is 1. The first kappa shape index (κ1) is 16.4. The molecular formula is C17H16O6. The zero-order valence-electron chi connectivity index (χ0n) is 12.7. The van der Waals surface area contributed by atoms with Gasteiger partial charge >= 0.3 is 11.9 Å². The van der Waals surface area contributed by atoms with Gasteiger partial charge in [-0.3, -0.25) is 0 Å². The number of aromatic hydroxyl groups is 1. The van der Waals surface area contributed by atoms with Crippen molar-refractivity contribution < 1.29 is 28.9 Å². The molecule has 6 nitrogen and oxygen atoms in total. The second-order valence-electron chi connectivity index (χ2n) is 4.62. The minimum Gasteiger partial charge on any atom is -0.504 e. The number of carbonyl (C=O) groups excluding carboxylic acids is 2. The van der Waals surface area contributed by atoms with Crippen LogP contribution in [0.1, 0.15) is 26.3 Å². The van der Waals surface area contributed by atoms with Gasteiger partial charge < -0.3 is 19.3 Å². The highest BCUT2D eigenvalue weighted by atomic mass is 16.5. The molecule has 0 aliphatic heterocycles. The largest absolute Gasteiger partial charge is 0.504 e. The van der Waals surface area contributed by atoms with Crippen molar-refractivity contribution in [2.45, 2.75) is 6.61 Å². The van der Waals surface area contributed by atoms with Crippen molar-refractivity contribution in [2.75, 3.05) is 14.2 Å². The van der Waals surface area contributed by atoms with Crippen LogP contribution in [-0.4, -0.2) is 31.3 Å². The fraction of sp³-hybridized carbons (Fsp3) is 0.176. The van der Waals surface area contributed by atoms with E-state index in [0.29, 0.717) is 11.1 Å². The SMILES string of the molecule is COC(=O)c1cccc(COC(=O)c2cccc(OC)c2O)c1. The fourth-order valence-corrected chi connectivity index (χ4v) is 1.98. The molecule has 0 aromatic heterocycles. The zero-order chi connectivity index (χ0) is 16.8. The van der Waals surface area contributed by atoms with E-state index in [4.69, 9.17) is 9.47 Å². The van der Waals surface area contributed by atoms with Crippen LogP contribution in [0.15, 0.2) is 42.5 Å². The third-order valence-corrected chi connectivity index (χ3v) is 3.16. The highest BCUT2D eigenvalue weighted by Crippen LogP contribution is 2.29. The minimum atomic E-state index is -0.690. The summed E-state index contributed by atoms with van der Waals surface area (Å²) in [7, 11) is 2.68. The molecule has 0 heterocycles. The average Bonchev–Trinajstić information content (AvgIpc) is 2.59. The number of carbonyl (C=O) groups is 2. The van der Waals surface area contributed by atoms with E-state index in [9.17, 15) is 14.7 Å². The molecular weight excluding hydrogens is 300 g/mol. The Bertz CT molecular complexity index is 723. The van der Waals surface area contributed by atoms with Crippen molar-refractivity contribution in [3.63, 3.8) is 0 Å². The van der Waals surface area contributed by atoms with E-state index < -0.39 is 11.9 Å². The number of esters is 2. The highest BCUT2D eigenvalue weighted by Gasteiger charge is 2.16. The maximum atomic E-state index is 12.1. The Morgan fingerprint density at radius 1 is 1.04 bits per heavy atom. The van der Waals surface area contributed by atoms with Crippen LogP contribution in [0.5, 0.6) is 11.5 Å². The lowest BCUT2D eigenvalue weighted by atomic mass is 10.1. The van der Waals surface area contributed by atoms with E-state index in [1.54, 1.807) is 30.3 Å². The Balaban J connectivity index is 2.09. The number of benzene rings is 2. The first-order chi connectivity index (χ1) is 11.1. The third-order valence-electron chi connectivity index (χ3n) is 3.16. The quantitative estimate of drug-likeness (QED) is 0.854. The number of hydrogen-bond acceptors (Lipinski definition) is 6. The van der Waals surface area contributed by atoms with Crippen LogP contribution in [-0.2, 0) is 16.1 Å². The second kappa shape index (κ2) is 7.31. The van der Waals surface area contributed by atoms with Crippen LogP contribution < -0.4 is 4.74 Å². The van der Waals surface area contributed by atoms with Gasteiger partial charge in [0.15, 0.2) is 11.5 Å². The first-order valence-electron chi connectivity index (χ1n) is 6.77. The second-order valence-corrected chi connectivity index (χ2v) is 4.62. The lowest BCUT2D eigenvalue weighted by Gasteiger charge is -2.09. The van der Waals surface area contributed by atoms with Crippen LogP contribution in [0, 0.1) is 0 Å². The Morgan fingerprint density at radius 2 is 1.78 bits per heavy atom. The molecule has 6 heteroatoms. The van der Waals surface area contributed by atoms with Crippen molar-refractivity contribution in [3.8, 4) is 11.5 Å². The lowest BCUT2D eigenvalue weighted by Crippen LogP contribution is -2.07. The summed E-state index contributed by atoms with van der Waals surface area (Å²) in [4.78, 5) is 23.5. The molecule has 0 fully saturated rings. The molecule has 0 atom stereocenters. The van der Waals surface area contributed by atoms with Gasteiger partial charge in [-0.25, -0.2) is 9.59 Å². The molecule has 0 bridgehead atoms. The molecule has 0 aliphatic carbocycles. The van der Waals surface area contributed by atoms with Crippen LogP contribution in [0.4, 0.5) is 0 Å². The zero-order valence-corrected chi connectivity index (χ0v) is 12.7. The molecule has 1 N–H and O–H groups in total. The van der Waals surface area contributed by atoms with Gasteiger partial charge in [-0.15, -0.1) is 0 Å². The normalized spacial score (nSPS) is 10.0. The van der Waals surface area contributed by atoms with E-state index in [-0.39, 0.29) is 23.7 Å². The summed E-state index contributed by atoms with van der Waals surface area (Å²) in [6.07, 6.45) is 0. The molecule has 2 aromatic carbocycles. The predicted molar refractivity (Wildman–Crippen MR) is 81.6 cm³/mol. The number of hydrogen-bond donors (Lipinski definition) is 1. The molecule has 2 rings (SSSR count). The Kier molecular flexibility index (Phi) is 5.19. The van der Waals surface area contributed by atoms with Crippen molar-refractivity contribution >= 4 is 11.9 Å². The van der Waals surface area contributed by atoms with E-state index in [2.05, 4.69) is 4.74 Å². The van der Waals surface area contributed by atoms with Gasteiger partial charge in [-0.05, 0) is 29.8 Å². The summed E-state index contributed by atoms with van der Waals surface area (Å²) in [5.41, 5.74) is 1.00. The molecule has 0 aliphatic rings. The molecule has 0 spiro atoms. The van der Waals surface area contributed by atoms with Crippen molar-refractivity contribution in [2.24, 2.45) is 0 Å². The van der Waals surface area contributed by atoms with Crippen molar-refractivity contribution in [3.05, 3.63) is 59.2 Å². The van der Waals surface area contributed by atoms with E-state index in [0.717, 1.165) is 0 Å². The maximum absolute atomic E-state index is 12.1. The number of rotatable bonds is 5. The van der Waals surface area contributed by atoms with E-state index in [1.165, 1.54) is 26.4 Å². The smallest absolute Gasteiger partial charge is 0.342 e. The number of methoxy groups -OCH3 is 2. The highest BCUT2D eigenvalue weighted by molar-refractivity contribution is 5.93. The van der Waals surface area contributed by atoms with E-state index in [1.807, 2.05) is 0 Å². The third kappa shape index (κ3) is 3.79. The van der Waals surface area contributed by atoms with Crippen LogP contribution in [0.25, 0.3) is 0 Å². The topological polar surface area (TPSA) is 82.1 Å². The fourth-order valence-electron chi connectivity index (χ4n) is 1.98. The molecule has 2 aromatic rings. The van der Waals surface area contributed by atoms with Crippen LogP contribution in [0.2, 0.25) is 0 Å². The summed E-state index contributed by atoms with van der Waals surface area (Å²) in [6, 6.07) is 11.1. The van der Waals surface area contributed by atoms with Gasteiger partial charge in [0.1, 0.15) is 12.2 Å². The summed E-state index contributed by atoms with van der Waals surface area (Å²) in [5.74, 6) is -1.25. The molecule has 0 saturated heterocycles. The summed E-state index contributed by atoms with van der Waals surface area (Å²) < 4.78 is 14.7. The van der Waals surface area contributed by atoms with Crippen LogP contribution in [0.3, 0.4) is 0 Å². The van der Waals surface area contributed by atoms with Gasteiger partial charge in [0.05, 0.1) is 19.8 Å². The first-order valence-corrected chi connectivity index (χ1v) is 6.77. The van der Waals surface area contributed by atoms with Crippen molar-refractivity contribution in [1.82, 2.24) is 0 Å². The van der Waals surface area contributed by atoms with E-state index >= 15 is 0 Å². The molecule has 0 radical (unpaired) electrons. The number of phenolic OH excluding ortho intramolecular Hbond substituents is 1. The van der Waals surface area contributed by atoms with Crippen LogP contribution >= 0.6 is 0 Å². The monoisotopic (exact) mass is 316 g/mol. The Labute approximate surface area is 133 Å².